The van der Waals surface area contributed by atoms with Crippen LogP contribution in [0.15, 0.2) is 47.4 Å². The fourth-order valence-electron chi connectivity index (χ4n) is 2.08. The Bertz CT molecular complexity index is 648. The summed E-state index contributed by atoms with van der Waals surface area (Å²) >= 11 is 1.66. The molecule has 0 aromatic heterocycles. The molecule has 3 rings (SSSR count). The van der Waals surface area contributed by atoms with Gasteiger partial charge < -0.3 is 18.9 Å². The SMILES string of the molecule is CC(OCCOc1ccc(F)cc1)Oc1ccc2c(c1)OCS2. The maximum atomic E-state index is 12.8. The standard InChI is InChI=1S/C17H17FO4S/c1-12(19-8-9-20-14-4-2-13(18)3-5-14)22-15-6-7-17-16(10-15)21-11-23-17/h2-7,10,12H,8-9,11H2,1H3. The highest BCUT2D eigenvalue weighted by molar-refractivity contribution is 7.99. The minimum absolute atomic E-state index is 0.285. The van der Waals surface area contributed by atoms with Crippen molar-refractivity contribution >= 4 is 11.8 Å². The molecule has 0 bridgehead atoms. The van der Waals surface area contributed by atoms with Gasteiger partial charge in [0.2, 0.25) is 0 Å². The van der Waals surface area contributed by atoms with E-state index in [2.05, 4.69) is 0 Å². The van der Waals surface area contributed by atoms with Gasteiger partial charge in [0.15, 0.2) is 6.29 Å². The highest BCUT2D eigenvalue weighted by Crippen LogP contribution is 2.38. The Kier molecular flexibility index (Phi) is 5.25. The fraction of sp³-hybridized carbons (Fsp3) is 0.294. The van der Waals surface area contributed by atoms with E-state index in [1.54, 1.807) is 23.9 Å². The molecule has 4 nitrogen and oxygen atoms in total. The first-order valence-electron chi connectivity index (χ1n) is 7.27. The number of thioether (sulfide) groups is 1. The second kappa shape index (κ2) is 7.57. The van der Waals surface area contributed by atoms with E-state index in [9.17, 15) is 4.39 Å². The fourth-order valence-corrected chi connectivity index (χ4v) is 2.82. The number of rotatable bonds is 7. The minimum atomic E-state index is -0.404. The van der Waals surface area contributed by atoms with Crippen LogP contribution in [-0.2, 0) is 4.74 Å². The molecule has 6 heteroatoms. The van der Waals surface area contributed by atoms with Crippen LogP contribution >= 0.6 is 11.8 Å². The van der Waals surface area contributed by atoms with Crippen molar-refractivity contribution in [2.24, 2.45) is 0 Å². The lowest BCUT2D eigenvalue weighted by Crippen LogP contribution is -2.19. The molecule has 2 aromatic carbocycles. The predicted molar refractivity (Wildman–Crippen MR) is 85.7 cm³/mol. The highest BCUT2D eigenvalue weighted by atomic mass is 32.2. The summed E-state index contributed by atoms with van der Waals surface area (Å²) in [4.78, 5) is 1.12. The summed E-state index contributed by atoms with van der Waals surface area (Å²) in [5.41, 5.74) is 0. The van der Waals surface area contributed by atoms with Gasteiger partial charge >= 0.3 is 0 Å². The molecule has 0 saturated heterocycles. The Balaban J connectivity index is 1.39. The average molecular weight is 336 g/mol. The third-order valence-electron chi connectivity index (χ3n) is 3.16. The van der Waals surface area contributed by atoms with Gasteiger partial charge in [0.25, 0.3) is 0 Å². The van der Waals surface area contributed by atoms with Crippen molar-refractivity contribution in [2.45, 2.75) is 18.1 Å². The Morgan fingerprint density at radius 2 is 1.91 bits per heavy atom. The molecule has 2 aromatic rings. The van der Waals surface area contributed by atoms with Gasteiger partial charge in [-0.2, -0.15) is 0 Å². The summed E-state index contributed by atoms with van der Waals surface area (Å²) in [6.07, 6.45) is -0.404. The zero-order chi connectivity index (χ0) is 16.1. The van der Waals surface area contributed by atoms with Gasteiger partial charge in [0.05, 0.1) is 11.5 Å². The minimum Gasteiger partial charge on any atom is -0.491 e. The largest absolute Gasteiger partial charge is 0.491 e. The van der Waals surface area contributed by atoms with Crippen molar-refractivity contribution in [3.8, 4) is 17.2 Å². The van der Waals surface area contributed by atoms with Crippen molar-refractivity contribution in [1.82, 2.24) is 0 Å². The first-order chi connectivity index (χ1) is 11.2. The van der Waals surface area contributed by atoms with E-state index in [0.717, 1.165) is 10.6 Å². The number of ether oxygens (including phenoxy) is 4. The topological polar surface area (TPSA) is 36.9 Å². The molecule has 0 saturated carbocycles. The summed E-state index contributed by atoms with van der Waals surface area (Å²) in [5.74, 6) is 2.52. The maximum Gasteiger partial charge on any atom is 0.197 e. The van der Waals surface area contributed by atoms with Crippen LogP contribution in [0.25, 0.3) is 0 Å². The quantitative estimate of drug-likeness (QED) is 0.562. The number of halogens is 1. The molecule has 0 aliphatic carbocycles. The van der Waals surface area contributed by atoms with Gasteiger partial charge in [-0.3, -0.25) is 0 Å². The molecule has 23 heavy (non-hydrogen) atoms. The molecule has 1 aliphatic heterocycles. The van der Waals surface area contributed by atoms with Gasteiger partial charge in [-0.05, 0) is 43.3 Å². The Morgan fingerprint density at radius 1 is 1.13 bits per heavy atom. The lowest BCUT2D eigenvalue weighted by Gasteiger charge is -2.16. The summed E-state index contributed by atoms with van der Waals surface area (Å²) < 4.78 is 34.9. The summed E-state index contributed by atoms with van der Waals surface area (Å²) in [7, 11) is 0. The van der Waals surface area contributed by atoms with Gasteiger partial charge in [-0.25, -0.2) is 4.39 Å². The van der Waals surface area contributed by atoms with Crippen LogP contribution in [0.3, 0.4) is 0 Å². The van der Waals surface area contributed by atoms with E-state index in [1.165, 1.54) is 12.1 Å². The molecule has 1 atom stereocenters. The second-order valence-electron chi connectivity index (χ2n) is 4.87. The molecule has 1 heterocycles. The molecule has 0 fully saturated rings. The highest BCUT2D eigenvalue weighted by Gasteiger charge is 2.14. The Hall–Kier alpha value is -1.92. The van der Waals surface area contributed by atoms with Crippen LogP contribution in [0.2, 0.25) is 0 Å². The van der Waals surface area contributed by atoms with Crippen molar-refractivity contribution in [3.05, 3.63) is 48.3 Å². The van der Waals surface area contributed by atoms with Crippen LogP contribution in [0, 0.1) is 5.82 Å². The average Bonchev–Trinajstić information content (AvgIpc) is 3.01. The van der Waals surface area contributed by atoms with Crippen molar-refractivity contribution in [2.75, 3.05) is 19.2 Å². The summed E-state index contributed by atoms with van der Waals surface area (Å²) in [5, 5.41) is 0. The van der Waals surface area contributed by atoms with Crippen molar-refractivity contribution < 1.29 is 23.3 Å². The number of benzene rings is 2. The van der Waals surface area contributed by atoms with Crippen molar-refractivity contribution in [3.63, 3.8) is 0 Å². The van der Waals surface area contributed by atoms with Crippen LogP contribution in [-0.4, -0.2) is 25.4 Å². The third kappa shape index (κ3) is 4.53. The molecule has 0 spiro atoms. The van der Waals surface area contributed by atoms with E-state index in [4.69, 9.17) is 18.9 Å². The van der Waals surface area contributed by atoms with Crippen LogP contribution in [0.1, 0.15) is 6.92 Å². The summed E-state index contributed by atoms with van der Waals surface area (Å²) in [6.45, 7) is 2.56. The first kappa shape index (κ1) is 16.0. The lowest BCUT2D eigenvalue weighted by molar-refractivity contribution is -0.0739. The monoisotopic (exact) mass is 336 g/mol. The molecule has 122 valence electrons. The van der Waals surface area contributed by atoms with Crippen LogP contribution in [0.5, 0.6) is 17.2 Å². The van der Waals surface area contributed by atoms with Crippen LogP contribution in [0.4, 0.5) is 4.39 Å². The van der Waals surface area contributed by atoms with E-state index in [-0.39, 0.29) is 5.82 Å². The van der Waals surface area contributed by atoms with Gasteiger partial charge in [-0.1, -0.05) is 11.8 Å². The number of hydrogen-bond acceptors (Lipinski definition) is 5. The van der Waals surface area contributed by atoms with E-state index in [1.807, 2.05) is 25.1 Å². The van der Waals surface area contributed by atoms with E-state index >= 15 is 0 Å². The number of hydrogen-bond donors (Lipinski definition) is 0. The third-order valence-corrected chi connectivity index (χ3v) is 4.05. The maximum absolute atomic E-state index is 12.8. The molecular formula is C17H17FO4S. The smallest absolute Gasteiger partial charge is 0.197 e. The first-order valence-corrected chi connectivity index (χ1v) is 8.25. The molecule has 0 N–H and O–H groups in total. The summed E-state index contributed by atoms with van der Waals surface area (Å²) in [6, 6.07) is 11.6. The number of fused-ring (bicyclic) bond motifs is 1. The molecule has 0 radical (unpaired) electrons. The van der Waals surface area contributed by atoms with E-state index < -0.39 is 6.29 Å². The van der Waals surface area contributed by atoms with Gasteiger partial charge in [0, 0.05) is 6.07 Å². The molecule has 1 unspecified atom stereocenters. The van der Waals surface area contributed by atoms with Gasteiger partial charge in [0.1, 0.15) is 35.6 Å². The Morgan fingerprint density at radius 3 is 2.74 bits per heavy atom. The molecule has 1 aliphatic rings. The predicted octanol–water partition coefficient (Wildman–Crippen LogP) is 4.09. The van der Waals surface area contributed by atoms with Crippen LogP contribution < -0.4 is 14.2 Å². The molecule has 0 amide bonds. The Labute approximate surface area is 138 Å². The normalized spacial score (nSPS) is 14.0. The zero-order valence-corrected chi connectivity index (χ0v) is 13.5. The second-order valence-corrected chi connectivity index (χ2v) is 5.84. The molecular weight excluding hydrogens is 319 g/mol. The zero-order valence-electron chi connectivity index (χ0n) is 12.7. The van der Waals surface area contributed by atoms with Gasteiger partial charge in [-0.15, -0.1) is 0 Å². The lowest BCUT2D eigenvalue weighted by atomic mass is 10.3. The van der Waals surface area contributed by atoms with Crippen molar-refractivity contribution in [1.29, 1.82) is 0 Å². The van der Waals surface area contributed by atoms with E-state index in [0.29, 0.717) is 30.7 Å².